The van der Waals surface area contributed by atoms with Gasteiger partial charge in [-0.05, 0) is 31.0 Å². The molecule has 2 fully saturated rings. The van der Waals surface area contributed by atoms with E-state index < -0.39 is 11.4 Å². The van der Waals surface area contributed by atoms with Gasteiger partial charge in [-0.25, -0.2) is 4.39 Å². The predicted octanol–water partition coefficient (Wildman–Crippen LogP) is 1.69. The Morgan fingerprint density at radius 2 is 1.69 bits per heavy atom. The van der Waals surface area contributed by atoms with E-state index in [9.17, 15) is 14.0 Å². The van der Waals surface area contributed by atoms with Crippen LogP contribution in [0.15, 0.2) is 18.2 Å². The van der Waals surface area contributed by atoms with Crippen molar-refractivity contribution in [1.29, 1.82) is 0 Å². The van der Waals surface area contributed by atoms with Crippen molar-refractivity contribution < 1.29 is 18.7 Å². The molecule has 0 atom stereocenters. The number of amides is 2. The fourth-order valence-corrected chi connectivity index (χ4v) is 3.46. The van der Waals surface area contributed by atoms with Gasteiger partial charge in [0, 0.05) is 39.4 Å². The first-order valence-electron chi connectivity index (χ1n) is 8.31. The Morgan fingerprint density at radius 1 is 1.12 bits per heavy atom. The number of nitrogens with zero attached hydrogens (tertiary/aromatic N) is 2. The molecule has 9 heteroatoms. The third-order valence-electron chi connectivity index (χ3n) is 4.83. The van der Waals surface area contributed by atoms with Gasteiger partial charge in [-0.15, -0.1) is 12.4 Å². The van der Waals surface area contributed by atoms with Gasteiger partial charge in [0.25, 0.3) is 5.91 Å². The number of piperazine rings is 1. The first kappa shape index (κ1) is 20.9. The second kappa shape index (κ2) is 8.52. The van der Waals surface area contributed by atoms with E-state index in [2.05, 4.69) is 0 Å². The second-order valence-electron chi connectivity index (χ2n) is 6.48. The molecule has 6 nitrogen and oxygen atoms in total. The quantitative estimate of drug-likeness (QED) is 0.811. The highest BCUT2D eigenvalue weighted by atomic mass is 35.5. The van der Waals surface area contributed by atoms with Gasteiger partial charge < -0.3 is 20.3 Å². The highest BCUT2D eigenvalue weighted by molar-refractivity contribution is 6.33. The minimum absolute atomic E-state index is 0. The molecular weight excluding hydrogens is 384 g/mol. The zero-order chi connectivity index (χ0) is 18.0. The summed E-state index contributed by atoms with van der Waals surface area (Å²) in [5.74, 6) is -0.824. The Balaban J connectivity index is 0.00000243. The largest absolute Gasteiger partial charge is 0.381 e. The molecule has 0 spiro atoms. The maximum Gasteiger partial charge on any atom is 0.255 e. The van der Waals surface area contributed by atoms with Crippen LogP contribution in [-0.2, 0) is 9.53 Å². The summed E-state index contributed by atoms with van der Waals surface area (Å²) in [5.41, 5.74) is 5.64. The van der Waals surface area contributed by atoms with Gasteiger partial charge in [0.2, 0.25) is 5.91 Å². The number of hydrogen-bond donors (Lipinski definition) is 1. The zero-order valence-electron chi connectivity index (χ0n) is 14.2. The number of ether oxygens (including phenoxy) is 1. The molecular formula is C17H22Cl2FN3O3. The molecule has 2 N–H and O–H groups in total. The van der Waals surface area contributed by atoms with E-state index in [4.69, 9.17) is 22.1 Å². The number of carbonyl (C=O) groups is 2. The summed E-state index contributed by atoms with van der Waals surface area (Å²) in [6.45, 7) is 2.61. The molecule has 2 heterocycles. The van der Waals surface area contributed by atoms with Crippen LogP contribution in [0.5, 0.6) is 0 Å². The molecule has 2 aliphatic heterocycles. The van der Waals surface area contributed by atoms with Crippen molar-refractivity contribution in [2.45, 2.75) is 18.4 Å². The molecule has 2 aliphatic rings. The van der Waals surface area contributed by atoms with Crippen LogP contribution in [0.3, 0.4) is 0 Å². The van der Waals surface area contributed by atoms with Crippen LogP contribution in [-0.4, -0.2) is 66.5 Å². The smallest absolute Gasteiger partial charge is 0.255 e. The molecule has 0 aliphatic carbocycles. The molecule has 1 aromatic rings. The monoisotopic (exact) mass is 405 g/mol. The minimum Gasteiger partial charge on any atom is -0.381 e. The summed E-state index contributed by atoms with van der Waals surface area (Å²) >= 11 is 5.96. The van der Waals surface area contributed by atoms with Crippen molar-refractivity contribution in [3.8, 4) is 0 Å². The molecule has 0 unspecified atom stereocenters. The average molecular weight is 406 g/mol. The zero-order valence-corrected chi connectivity index (χ0v) is 15.8. The highest BCUT2D eigenvalue weighted by Crippen LogP contribution is 2.23. The molecule has 0 radical (unpaired) electrons. The summed E-state index contributed by atoms with van der Waals surface area (Å²) in [6.07, 6.45) is 1.02. The van der Waals surface area contributed by atoms with Crippen molar-refractivity contribution in [2.75, 3.05) is 39.4 Å². The standard InChI is InChI=1S/C17H21ClFN3O3.ClH/c18-14-11-12(19)1-2-13(14)15(23)21-5-7-22(8-6-21)16(24)17(20)3-9-25-10-4-17;/h1-2,11H,3-10,20H2;1H. The van der Waals surface area contributed by atoms with E-state index in [0.29, 0.717) is 52.2 Å². The fraction of sp³-hybridized carbons (Fsp3) is 0.529. The normalized spacial score (nSPS) is 19.7. The van der Waals surface area contributed by atoms with E-state index in [1.54, 1.807) is 9.80 Å². The highest BCUT2D eigenvalue weighted by Gasteiger charge is 2.40. The van der Waals surface area contributed by atoms with Crippen molar-refractivity contribution in [2.24, 2.45) is 5.73 Å². The van der Waals surface area contributed by atoms with E-state index in [1.807, 2.05) is 0 Å². The Bertz CT molecular complexity index is 675. The Labute approximate surface area is 162 Å². The van der Waals surface area contributed by atoms with Gasteiger partial charge in [0.15, 0.2) is 0 Å². The molecule has 2 saturated heterocycles. The van der Waals surface area contributed by atoms with E-state index in [1.165, 1.54) is 12.1 Å². The third-order valence-corrected chi connectivity index (χ3v) is 5.14. The van der Waals surface area contributed by atoms with Crippen LogP contribution < -0.4 is 5.73 Å². The van der Waals surface area contributed by atoms with E-state index >= 15 is 0 Å². The van der Waals surface area contributed by atoms with E-state index in [-0.39, 0.29) is 34.8 Å². The van der Waals surface area contributed by atoms with Crippen LogP contribution in [0.1, 0.15) is 23.2 Å². The predicted molar refractivity (Wildman–Crippen MR) is 98.1 cm³/mol. The molecule has 0 saturated carbocycles. The van der Waals surface area contributed by atoms with Gasteiger partial charge >= 0.3 is 0 Å². The SMILES string of the molecule is Cl.NC1(C(=O)N2CCN(C(=O)c3ccc(F)cc3Cl)CC2)CCOCC1. The summed E-state index contributed by atoms with van der Waals surface area (Å²) in [7, 11) is 0. The Morgan fingerprint density at radius 3 is 2.27 bits per heavy atom. The van der Waals surface area contributed by atoms with Crippen LogP contribution >= 0.6 is 24.0 Å². The lowest BCUT2D eigenvalue weighted by atomic mass is 9.89. The van der Waals surface area contributed by atoms with Crippen LogP contribution in [0.2, 0.25) is 5.02 Å². The van der Waals surface area contributed by atoms with Gasteiger partial charge in [0.05, 0.1) is 16.1 Å². The fourth-order valence-electron chi connectivity index (χ4n) is 3.21. The van der Waals surface area contributed by atoms with E-state index in [0.717, 1.165) is 6.07 Å². The minimum atomic E-state index is -0.870. The summed E-state index contributed by atoms with van der Waals surface area (Å²) in [6, 6.07) is 3.72. The number of halogens is 3. The first-order chi connectivity index (χ1) is 11.9. The number of benzene rings is 1. The average Bonchev–Trinajstić information content (AvgIpc) is 2.61. The van der Waals surface area contributed by atoms with Crippen LogP contribution in [0.25, 0.3) is 0 Å². The van der Waals surface area contributed by atoms with Crippen molar-refractivity contribution in [1.82, 2.24) is 9.80 Å². The molecule has 3 rings (SSSR count). The molecule has 1 aromatic carbocycles. The van der Waals surface area contributed by atoms with Crippen LogP contribution in [0.4, 0.5) is 4.39 Å². The first-order valence-corrected chi connectivity index (χ1v) is 8.69. The van der Waals surface area contributed by atoms with Crippen molar-refractivity contribution in [3.05, 3.63) is 34.6 Å². The van der Waals surface area contributed by atoms with Gasteiger partial charge in [-0.2, -0.15) is 0 Å². The third kappa shape index (κ3) is 4.28. The number of nitrogens with two attached hydrogens (primary N) is 1. The maximum absolute atomic E-state index is 13.1. The topological polar surface area (TPSA) is 75.9 Å². The molecule has 0 aromatic heterocycles. The van der Waals surface area contributed by atoms with Crippen molar-refractivity contribution in [3.63, 3.8) is 0 Å². The molecule has 26 heavy (non-hydrogen) atoms. The van der Waals surface area contributed by atoms with Gasteiger partial charge in [-0.3, -0.25) is 9.59 Å². The van der Waals surface area contributed by atoms with Crippen LogP contribution in [0, 0.1) is 5.82 Å². The molecule has 144 valence electrons. The van der Waals surface area contributed by atoms with Gasteiger partial charge in [0.1, 0.15) is 5.82 Å². The summed E-state index contributed by atoms with van der Waals surface area (Å²) < 4.78 is 18.4. The summed E-state index contributed by atoms with van der Waals surface area (Å²) in [4.78, 5) is 28.6. The number of hydrogen-bond acceptors (Lipinski definition) is 4. The molecule has 0 bridgehead atoms. The van der Waals surface area contributed by atoms with Gasteiger partial charge in [-0.1, -0.05) is 11.6 Å². The second-order valence-corrected chi connectivity index (χ2v) is 6.88. The number of rotatable bonds is 2. The summed E-state index contributed by atoms with van der Waals surface area (Å²) in [5, 5.41) is 0.0895. The number of carbonyl (C=O) groups excluding carboxylic acids is 2. The lowest BCUT2D eigenvalue weighted by molar-refractivity contribution is -0.142. The lowest BCUT2D eigenvalue weighted by Crippen LogP contribution is -2.61. The Hall–Kier alpha value is -1.41. The lowest BCUT2D eigenvalue weighted by Gasteiger charge is -2.41. The Kier molecular flexibility index (Phi) is 6.85. The van der Waals surface area contributed by atoms with Crippen molar-refractivity contribution >= 4 is 35.8 Å². The maximum atomic E-state index is 13.1. The molecule has 2 amide bonds.